The summed E-state index contributed by atoms with van der Waals surface area (Å²) in [5, 5.41) is 12.0. The molecule has 0 heterocycles. The normalized spacial score (nSPS) is 10.3. The van der Waals surface area contributed by atoms with Gasteiger partial charge in [0, 0.05) is 23.3 Å². The summed E-state index contributed by atoms with van der Waals surface area (Å²) in [5.74, 6) is 0. The van der Waals surface area contributed by atoms with Crippen molar-refractivity contribution in [3.05, 3.63) is 28.2 Å². The zero-order valence-electron chi connectivity index (χ0n) is 9.09. The van der Waals surface area contributed by atoms with Gasteiger partial charge in [-0.05, 0) is 43.9 Å². The van der Waals surface area contributed by atoms with Crippen molar-refractivity contribution in [1.82, 2.24) is 0 Å². The molecule has 84 valence electrons. The molecule has 0 bridgehead atoms. The largest absolute Gasteiger partial charge is 0.396 e. The third-order valence-corrected chi connectivity index (χ3v) is 3.28. The Balaban J connectivity index is 2.34. The van der Waals surface area contributed by atoms with Gasteiger partial charge in [0.2, 0.25) is 0 Å². The molecule has 0 fully saturated rings. The first kappa shape index (κ1) is 12.5. The van der Waals surface area contributed by atoms with E-state index in [1.807, 2.05) is 12.1 Å². The molecule has 2 N–H and O–H groups in total. The van der Waals surface area contributed by atoms with Gasteiger partial charge in [0.25, 0.3) is 0 Å². The van der Waals surface area contributed by atoms with Gasteiger partial charge in [-0.2, -0.15) is 0 Å². The van der Waals surface area contributed by atoms with Crippen LogP contribution in [0.5, 0.6) is 0 Å². The van der Waals surface area contributed by atoms with E-state index in [0.29, 0.717) is 6.61 Å². The highest BCUT2D eigenvalue weighted by Crippen LogP contribution is 2.23. The second-order valence-corrected chi connectivity index (χ2v) is 4.48. The second kappa shape index (κ2) is 6.85. The van der Waals surface area contributed by atoms with Gasteiger partial charge in [0.15, 0.2) is 0 Å². The minimum Gasteiger partial charge on any atom is -0.396 e. The number of rotatable bonds is 6. The monoisotopic (exact) mass is 271 g/mol. The number of aliphatic hydroxyl groups is 1. The van der Waals surface area contributed by atoms with Crippen molar-refractivity contribution in [3.63, 3.8) is 0 Å². The standard InChI is InChI=1S/C12H18BrNO/c1-10-11(13)6-5-7-12(10)14-8-3-2-4-9-15/h5-7,14-15H,2-4,8-9H2,1H3. The number of nitrogens with one attached hydrogen (secondary N) is 1. The van der Waals surface area contributed by atoms with Crippen LogP contribution in [-0.2, 0) is 0 Å². The third-order valence-electron chi connectivity index (χ3n) is 2.42. The number of anilines is 1. The second-order valence-electron chi connectivity index (χ2n) is 3.62. The zero-order valence-corrected chi connectivity index (χ0v) is 10.7. The van der Waals surface area contributed by atoms with Crippen LogP contribution >= 0.6 is 15.9 Å². The Bertz CT molecular complexity index is 302. The first-order valence-corrected chi connectivity index (χ1v) is 6.15. The van der Waals surface area contributed by atoms with Gasteiger partial charge in [-0.15, -0.1) is 0 Å². The van der Waals surface area contributed by atoms with Crippen LogP contribution in [0.1, 0.15) is 24.8 Å². The topological polar surface area (TPSA) is 32.3 Å². The van der Waals surface area contributed by atoms with E-state index in [1.165, 1.54) is 11.3 Å². The third kappa shape index (κ3) is 4.22. The van der Waals surface area contributed by atoms with Gasteiger partial charge in [-0.1, -0.05) is 22.0 Å². The van der Waals surface area contributed by atoms with E-state index in [4.69, 9.17) is 5.11 Å². The molecule has 0 aliphatic rings. The summed E-state index contributed by atoms with van der Waals surface area (Å²) in [6.45, 7) is 3.37. The lowest BCUT2D eigenvalue weighted by molar-refractivity contribution is 0.283. The summed E-state index contributed by atoms with van der Waals surface area (Å²) < 4.78 is 1.14. The van der Waals surface area contributed by atoms with E-state index in [2.05, 4.69) is 34.2 Å². The Morgan fingerprint density at radius 2 is 2.07 bits per heavy atom. The van der Waals surface area contributed by atoms with Gasteiger partial charge < -0.3 is 10.4 Å². The van der Waals surface area contributed by atoms with Crippen LogP contribution in [0.2, 0.25) is 0 Å². The number of benzene rings is 1. The minimum atomic E-state index is 0.302. The predicted octanol–water partition coefficient (Wildman–Crippen LogP) is 3.33. The van der Waals surface area contributed by atoms with Crippen LogP contribution in [0.15, 0.2) is 22.7 Å². The molecule has 0 amide bonds. The molecule has 0 aliphatic carbocycles. The number of hydrogen-bond donors (Lipinski definition) is 2. The number of halogens is 1. The highest BCUT2D eigenvalue weighted by atomic mass is 79.9. The van der Waals surface area contributed by atoms with Crippen molar-refractivity contribution < 1.29 is 5.11 Å². The number of unbranched alkanes of at least 4 members (excludes halogenated alkanes) is 2. The van der Waals surface area contributed by atoms with Crippen molar-refractivity contribution in [1.29, 1.82) is 0 Å². The summed E-state index contributed by atoms with van der Waals surface area (Å²) in [6.07, 6.45) is 3.09. The van der Waals surface area contributed by atoms with E-state index in [1.54, 1.807) is 0 Å². The fraction of sp³-hybridized carbons (Fsp3) is 0.500. The summed E-state index contributed by atoms with van der Waals surface area (Å²) in [6, 6.07) is 6.17. The lowest BCUT2D eigenvalue weighted by Crippen LogP contribution is -2.03. The smallest absolute Gasteiger partial charge is 0.0431 e. The fourth-order valence-electron chi connectivity index (χ4n) is 1.44. The van der Waals surface area contributed by atoms with Crippen molar-refractivity contribution in [3.8, 4) is 0 Å². The molecule has 0 aromatic heterocycles. The predicted molar refractivity (Wildman–Crippen MR) is 68.3 cm³/mol. The Kier molecular flexibility index (Phi) is 5.73. The zero-order chi connectivity index (χ0) is 11.1. The SMILES string of the molecule is Cc1c(Br)cccc1NCCCCCO. The Hall–Kier alpha value is -0.540. The van der Waals surface area contributed by atoms with Crippen LogP contribution in [0.4, 0.5) is 5.69 Å². The molecular formula is C12H18BrNO. The molecule has 0 atom stereocenters. The summed E-state index contributed by atoms with van der Waals surface area (Å²) >= 11 is 3.51. The molecule has 0 unspecified atom stereocenters. The molecule has 2 nitrogen and oxygen atoms in total. The average Bonchev–Trinajstić information content (AvgIpc) is 2.24. The van der Waals surface area contributed by atoms with Crippen LogP contribution in [0.3, 0.4) is 0 Å². The highest BCUT2D eigenvalue weighted by Gasteiger charge is 1.99. The maximum atomic E-state index is 8.64. The highest BCUT2D eigenvalue weighted by molar-refractivity contribution is 9.10. The molecular weight excluding hydrogens is 254 g/mol. The van der Waals surface area contributed by atoms with Crippen LogP contribution in [0.25, 0.3) is 0 Å². The van der Waals surface area contributed by atoms with Gasteiger partial charge in [0.1, 0.15) is 0 Å². The molecule has 15 heavy (non-hydrogen) atoms. The number of hydrogen-bond acceptors (Lipinski definition) is 2. The molecule has 0 saturated carbocycles. The quantitative estimate of drug-likeness (QED) is 0.778. The number of aliphatic hydroxyl groups excluding tert-OH is 1. The lowest BCUT2D eigenvalue weighted by atomic mass is 10.2. The van der Waals surface area contributed by atoms with Crippen LogP contribution < -0.4 is 5.32 Å². The molecule has 0 saturated heterocycles. The van der Waals surface area contributed by atoms with Crippen LogP contribution in [-0.4, -0.2) is 18.3 Å². The summed E-state index contributed by atoms with van der Waals surface area (Å²) in [7, 11) is 0. The maximum absolute atomic E-state index is 8.64. The molecule has 0 aliphatic heterocycles. The van der Waals surface area contributed by atoms with E-state index in [-0.39, 0.29) is 0 Å². The molecule has 1 aromatic carbocycles. The van der Waals surface area contributed by atoms with Gasteiger partial charge >= 0.3 is 0 Å². The van der Waals surface area contributed by atoms with Gasteiger partial charge in [-0.25, -0.2) is 0 Å². The van der Waals surface area contributed by atoms with Crippen molar-refractivity contribution in [2.24, 2.45) is 0 Å². The van der Waals surface area contributed by atoms with E-state index in [0.717, 1.165) is 30.3 Å². The first-order chi connectivity index (χ1) is 7.25. The maximum Gasteiger partial charge on any atom is 0.0431 e. The Morgan fingerprint density at radius 3 is 2.80 bits per heavy atom. The van der Waals surface area contributed by atoms with Crippen LogP contribution in [0, 0.1) is 6.92 Å². The minimum absolute atomic E-state index is 0.302. The van der Waals surface area contributed by atoms with Crippen molar-refractivity contribution in [2.75, 3.05) is 18.5 Å². The van der Waals surface area contributed by atoms with E-state index in [9.17, 15) is 0 Å². The van der Waals surface area contributed by atoms with E-state index < -0.39 is 0 Å². The molecule has 1 rings (SSSR count). The lowest BCUT2D eigenvalue weighted by Gasteiger charge is -2.10. The summed E-state index contributed by atoms with van der Waals surface area (Å²) in [5.41, 5.74) is 2.44. The molecule has 0 radical (unpaired) electrons. The van der Waals surface area contributed by atoms with Crippen molar-refractivity contribution in [2.45, 2.75) is 26.2 Å². The fourth-order valence-corrected chi connectivity index (χ4v) is 1.80. The Labute approximate surface area is 99.8 Å². The van der Waals surface area contributed by atoms with Gasteiger partial charge in [-0.3, -0.25) is 0 Å². The summed E-state index contributed by atoms with van der Waals surface area (Å²) in [4.78, 5) is 0. The molecule has 3 heteroatoms. The first-order valence-electron chi connectivity index (χ1n) is 5.35. The van der Waals surface area contributed by atoms with Crippen molar-refractivity contribution >= 4 is 21.6 Å². The molecule has 0 spiro atoms. The molecule has 1 aromatic rings. The van der Waals surface area contributed by atoms with E-state index >= 15 is 0 Å². The Morgan fingerprint density at radius 1 is 1.27 bits per heavy atom. The van der Waals surface area contributed by atoms with Gasteiger partial charge in [0.05, 0.1) is 0 Å². The average molecular weight is 272 g/mol.